The summed E-state index contributed by atoms with van der Waals surface area (Å²) in [5, 5.41) is 6.74. The van der Waals surface area contributed by atoms with Crippen molar-refractivity contribution in [3.05, 3.63) is 16.1 Å². The molecule has 1 aromatic rings. The van der Waals surface area contributed by atoms with Crippen LogP contribution in [0, 0.1) is 0 Å². The SMILES string of the molecule is c1sc(CNC2CC2)nc1COCC1CCCO1. The Kier molecular flexibility index (Phi) is 4.25. The molecule has 1 unspecified atom stereocenters. The average Bonchev–Trinajstić information content (AvgIpc) is 2.89. The van der Waals surface area contributed by atoms with Gasteiger partial charge in [0.05, 0.1) is 25.0 Å². The number of hydrogen-bond donors (Lipinski definition) is 1. The summed E-state index contributed by atoms with van der Waals surface area (Å²) in [5.74, 6) is 0. The van der Waals surface area contributed by atoms with Crippen LogP contribution in [0.1, 0.15) is 36.4 Å². The van der Waals surface area contributed by atoms with E-state index in [-0.39, 0.29) is 0 Å². The third kappa shape index (κ3) is 3.75. The molecule has 1 saturated heterocycles. The molecular weight excluding hydrogens is 248 g/mol. The summed E-state index contributed by atoms with van der Waals surface area (Å²) in [5.41, 5.74) is 1.05. The van der Waals surface area contributed by atoms with Crippen LogP contribution in [0.2, 0.25) is 0 Å². The second-order valence-electron chi connectivity index (χ2n) is 5.04. The zero-order valence-corrected chi connectivity index (χ0v) is 11.4. The molecule has 0 amide bonds. The average molecular weight is 268 g/mol. The Bertz CT molecular complexity index is 373. The first-order valence-corrected chi connectivity index (χ1v) is 7.64. The van der Waals surface area contributed by atoms with Crippen molar-refractivity contribution in [2.24, 2.45) is 0 Å². The Hall–Kier alpha value is -0.490. The van der Waals surface area contributed by atoms with E-state index in [4.69, 9.17) is 9.47 Å². The fraction of sp³-hybridized carbons (Fsp3) is 0.769. The maximum Gasteiger partial charge on any atom is 0.107 e. The predicted molar refractivity (Wildman–Crippen MR) is 70.6 cm³/mol. The highest BCUT2D eigenvalue weighted by Gasteiger charge is 2.20. The molecule has 2 aliphatic rings. The van der Waals surface area contributed by atoms with E-state index in [0.29, 0.717) is 19.3 Å². The van der Waals surface area contributed by atoms with Gasteiger partial charge in [0.15, 0.2) is 0 Å². The van der Waals surface area contributed by atoms with E-state index in [1.165, 1.54) is 19.3 Å². The molecule has 18 heavy (non-hydrogen) atoms. The minimum atomic E-state index is 0.305. The molecule has 0 aromatic carbocycles. The summed E-state index contributed by atoms with van der Waals surface area (Å²) >= 11 is 1.72. The van der Waals surface area contributed by atoms with Crippen LogP contribution in [0.5, 0.6) is 0 Å². The van der Waals surface area contributed by atoms with Crippen molar-refractivity contribution in [1.29, 1.82) is 0 Å². The molecule has 1 aliphatic carbocycles. The minimum absolute atomic E-state index is 0.305. The van der Waals surface area contributed by atoms with Crippen LogP contribution in [0.15, 0.2) is 5.38 Å². The molecule has 100 valence electrons. The van der Waals surface area contributed by atoms with Crippen molar-refractivity contribution in [1.82, 2.24) is 10.3 Å². The van der Waals surface area contributed by atoms with Crippen molar-refractivity contribution in [3.63, 3.8) is 0 Å². The molecule has 5 heteroatoms. The number of thiazole rings is 1. The van der Waals surface area contributed by atoms with Gasteiger partial charge in [-0.15, -0.1) is 11.3 Å². The summed E-state index contributed by atoms with van der Waals surface area (Å²) in [6, 6.07) is 0.744. The standard InChI is InChI=1S/C13H20N2O2S/c1-2-12(17-5-1)8-16-7-11-9-18-13(15-11)6-14-10-3-4-10/h9-10,12,14H,1-8H2. The number of nitrogens with zero attached hydrogens (tertiary/aromatic N) is 1. The van der Waals surface area contributed by atoms with Crippen LogP contribution in [0.4, 0.5) is 0 Å². The molecule has 1 atom stereocenters. The normalized spacial score (nSPS) is 23.7. The minimum Gasteiger partial charge on any atom is -0.376 e. The Morgan fingerprint density at radius 2 is 2.39 bits per heavy atom. The lowest BCUT2D eigenvalue weighted by atomic mass is 10.2. The molecule has 4 nitrogen and oxygen atoms in total. The molecule has 1 N–H and O–H groups in total. The van der Waals surface area contributed by atoms with Crippen molar-refractivity contribution in [2.75, 3.05) is 13.2 Å². The first kappa shape index (κ1) is 12.5. The second kappa shape index (κ2) is 6.10. The van der Waals surface area contributed by atoms with Gasteiger partial charge in [0.1, 0.15) is 5.01 Å². The Morgan fingerprint density at radius 1 is 1.44 bits per heavy atom. The summed E-state index contributed by atoms with van der Waals surface area (Å²) < 4.78 is 11.2. The number of rotatable bonds is 7. The monoisotopic (exact) mass is 268 g/mol. The zero-order valence-electron chi connectivity index (χ0n) is 10.6. The lowest BCUT2D eigenvalue weighted by molar-refractivity contribution is 0.00975. The van der Waals surface area contributed by atoms with Gasteiger partial charge in [-0.3, -0.25) is 0 Å². The highest BCUT2D eigenvalue weighted by molar-refractivity contribution is 7.09. The number of hydrogen-bond acceptors (Lipinski definition) is 5. The van der Waals surface area contributed by atoms with Gasteiger partial charge in [-0.25, -0.2) is 4.98 Å². The molecular formula is C13H20N2O2S. The molecule has 2 fully saturated rings. The van der Waals surface area contributed by atoms with Crippen molar-refractivity contribution in [2.45, 2.75) is 51.0 Å². The Balaban J connectivity index is 1.36. The van der Waals surface area contributed by atoms with Gasteiger partial charge in [0, 0.05) is 24.6 Å². The van der Waals surface area contributed by atoms with E-state index in [2.05, 4.69) is 15.7 Å². The summed E-state index contributed by atoms with van der Waals surface area (Å²) in [6.07, 6.45) is 5.25. The highest BCUT2D eigenvalue weighted by atomic mass is 32.1. The fourth-order valence-corrected chi connectivity index (χ4v) is 2.82. The van der Waals surface area contributed by atoms with E-state index >= 15 is 0 Å². The van der Waals surface area contributed by atoms with Gasteiger partial charge in [-0.2, -0.15) is 0 Å². The fourth-order valence-electron chi connectivity index (χ4n) is 2.09. The van der Waals surface area contributed by atoms with Crippen LogP contribution in [-0.2, 0) is 22.6 Å². The van der Waals surface area contributed by atoms with Gasteiger partial charge in [0.2, 0.25) is 0 Å². The third-order valence-electron chi connectivity index (χ3n) is 3.30. The largest absolute Gasteiger partial charge is 0.376 e. The van der Waals surface area contributed by atoms with Gasteiger partial charge in [-0.1, -0.05) is 0 Å². The van der Waals surface area contributed by atoms with Crippen molar-refractivity contribution < 1.29 is 9.47 Å². The molecule has 2 heterocycles. The number of ether oxygens (including phenoxy) is 2. The molecule has 0 radical (unpaired) electrons. The maximum absolute atomic E-state index is 5.65. The molecule has 3 rings (SSSR count). The molecule has 0 bridgehead atoms. The van der Waals surface area contributed by atoms with Crippen LogP contribution >= 0.6 is 11.3 Å². The summed E-state index contributed by atoms with van der Waals surface area (Å²) in [7, 11) is 0. The van der Waals surface area contributed by atoms with Crippen LogP contribution in [0.3, 0.4) is 0 Å². The van der Waals surface area contributed by atoms with Crippen molar-refractivity contribution in [3.8, 4) is 0 Å². The van der Waals surface area contributed by atoms with E-state index in [9.17, 15) is 0 Å². The van der Waals surface area contributed by atoms with Gasteiger partial charge in [-0.05, 0) is 25.7 Å². The first-order valence-electron chi connectivity index (χ1n) is 6.76. The maximum atomic E-state index is 5.65. The highest BCUT2D eigenvalue weighted by Crippen LogP contribution is 2.20. The van der Waals surface area contributed by atoms with Gasteiger partial charge < -0.3 is 14.8 Å². The molecule has 0 spiro atoms. The Morgan fingerprint density at radius 3 is 3.17 bits per heavy atom. The smallest absolute Gasteiger partial charge is 0.107 e. The summed E-state index contributed by atoms with van der Waals surface area (Å²) in [6.45, 7) is 3.11. The van der Waals surface area contributed by atoms with Crippen LogP contribution in [-0.4, -0.2) is 30.3 Å². The first-order chi connectivity index (χ1) is 8.90. The summed E-state index contributed by atoms with van der Waals surface area (Å²) in [4.78, 5) is 4.56. The van der Waals surface area contributed by atoms with E-state index in [0.717, 1.165) is 36.3 Å². The van der Waals surface area contributed by atoms with Crippen molar-refractivity contribution >= 4 is 11.3 Å². The topological polar surface area (TPSA) is 43.4 Å². The molecule has 1 aromatic heterocycles. The third-order valence-corrected chi connectivity index (χ3v) is 4.19. The van der Waals surface area contributed by atoms with E-state index in [1.54, 1.807) is 11.3 Å². The second-order valence-corrected chi connectivity index (χ2v) is 5.98. The lowest BCUT2D eigenvalue weighted by Crippen LogP contribution is -2.15. The van der Waals surface area contributed by atoms with Gasteiger partial charge in [0.25, 0.3) is 0 Å². The van der Waals surface area contributed by atoms with E-state index < -0.39 is 0 Å². The lowest BCUT2D eigenvalue weighted by Gasteiger charge is -2.08. The zero-order chi connectivity index (χ0) is 12.2. The Labute approximate surface area is 112 Å². The van der Waals surface area contributed by atoms with Crippen LogP contribution in [0.25, 0.3) is 0 Å². The number of nitrogens with one attached hydrogen (secondary N) is 1. The molecule has 1 saturated carbocycles. The quantitative estimate of drug-likeness (QED) is 0.822. The predicted octanol–water partition coefficient (Wildman–Crippen LogP) is 2.09. The van der Waals surface area contributed by atoms with Crippen LogP contribution < -0.4 is 5.32 Å². The number of aromatic nitrogens is 1. The molecule has 1 aliphatic heterocycles. The van der Waals surface area contributed by atoms with Gasteiger partial charge >= 0.3 is 0 Å². The van der Waals surface area contributed by atoms with E-state index in [1.807, 2.05) is 0 Å².